The molecule has 1 aliphatic heterocycles. The lowest BCUT2D eigenvalue weighted by atomic mass is 9.53. The zero-order chi connectivity index (χ0) is 22.8. The monoisotopic (exact) mass is 431 g/mol. The van der Waals surface area contributed by atoms with E-state index in [9.17, 15) is 9.90 Å². The molecule has 0 amide bonds. The van der Waals surface area contributed by atoms with Gasteiger partial charge in [0.25, 0.3) is 0 Å². The molecule has 31 heavy (non-hydrogen) atoms. The first-order valence-corrected chi connectivity index (χ1v) is 12.9. The van der Waals surface area contributed by atoms with Gasteiger partial charge in [-0.25, -0.2) is 0 Å². The van der Waals surface area contributed by atoms with Crippen LogP contribution in [0.5, 0.6) is 0 Å². The lowest BCUT2D eigenvalue weighted by Gasteiger charge is -2.53. The maximum atomic E-state index is 11.9. The van der Waals surface area contributed by atoms with Gasteiger partial charge in [-0.2, -0.15) is 5.26 Å². The fraction of sp³-hybridized carbons (Fsp3) is 0.926. The molecule has 4 heteroatoms. The first-order valence-electron chi connectivity index (χ1n) is 12.9. The molecule has 2 saturated carbocycles. The number of hydrogen-bond donors (Lipinski definition) is 1. The largest absolute Gasteiger partial charge is 0.481 e. The first kappa shape index (κ1) is 24.6. The third-order valence-corrected chi connectivity index (χ3v) is 9.55. The van der Waals surface area contributed by atoms with Gasteiger partial charge in [-0.3, -0.25) is 4.79 Å². The molecule has 1 saturated heterocycles. The number of nitrogens with zero attached hydrogens (tertiary/aromatic N) is 1. The van der Waals surface area contributed by atoms with Gasteiger partial charge in [-0.15, -0.1) is 0 Å². The molecule has 0 radical (unpaired) electrons. The second kappa shape index (κ2) is 9.82. The predicted octanol–water partition coefficient (Wildman–Crippen LogP) is 6.83. The number of carboxylic acid groups (broad SMARTS) is 1. The van der Waals surface area contributed by atoms with Gasteiger partial charge in [0.15, 0.2) is 0 Å². The van der Waals surface area contributed by atoms with E-state index in [2.05, 4.69) is 40.7 Å². The molecule has 0 aromatic carbocycles. The quantitative estimate of drug-likeness (QED) is 0.434. The van der Waals surface area contributed by atoms with Crippen molar-refractivity contribution >= 4 is 5.97 Å². The fourth-order valence-electron chi connectivity index (χ4n) is 8.02. The van der Waals surface area contributed by atoms with Crippen molar-refractivity contribution in [2.45, 2.75) is 117 Å². The van der Waals surface area contributed by atoms with Crippen LogP contribution in [0.2, 0.25) is 0 Å². The second-order valence-corrected chi connectivity index (χ2v) is 12.0. The van der Waals surface area contributed by atoms with Crippen LogP contribution in [0, 0.1) is 52.3 Å². The maximum absolute atomic E-state index is 11.9. The number of aliphatic carboxylic acids is 1. The van der Waals surface area contributed by atoms with Crippen molar-refractivity contribution in [2.24, 2.45) is 40.9 Å². The van der Waals surface area contributed by atoms with Gasteiger partial charge in [0, 0.05) is 6.42 Å². The van der Waals surface area contributed by atoms with E-state index in [0.717, 1.165) is 25.2 Å². The van der Waals surface area contributed by atoms with Crippen molar-refractivity contribution < 1.29 is 14.6 Å². The highest BCUT2D eigenvalue weighted by molar-refractivity contribution is 5.67. The van der Waals surface area contributed by atoms with Gasteiger partial charge in [-0.1, -0.05) is 47.0 Å². The van der Waals surface area contributed by atoms with E-state index in [-0.39, 0.29) is 29.5 Å². The van der Waals surface area contributed by atoms with Crippen LogP contribution in [0.4, 0.5) is 0 Å². The number of carboxylic acids is 1. The van der Waals surface area contributed by atoms with Crippen LogP contribution >= 0.6 is 0 Å². The Morgan fingerprint density at radius 1 is 1.10 bits per heavy atom. The van der Waals surface area contributed by atoms with Gasteiger partial charge in [0.2, 0.25) is 0 Å². The minimum absolute atomic E-state index is 0.0195. The van der Waals surface area contributed by atoms with Crippen LogP contribution in [-0.2, 0) is 9.53 Å². The third kappa shape index (κ3) is 5.13. The standard InChI is InChI=1S/C27H45NO3/c1-18(2)7-6-8-19(3)22-9-10-23-21(17-25(29)30)24(12-14-26(22,23)4)27(5)15-11-20(31-27)13-16-28/h18-24H,6-15,17H2,1-5H3,(H,29,30)/t19?,20-,21+,22-,23?,24+,26?,27?/m1/s1. The Bertz CT molecular complexity index is 670. The average Bonchev–Trinajstić information content (AvgIpc) is 3.22. The summed E-state index contributed by atoms with van der Waals surface area (Å²) >= 11 is 0. The average molecular weight is 432 g/mol. The summed E-state index contributed by atoms with van der Waals surface area (Å²) in [6.07, 6.45) is 11.2. The Morgan fingerprint density at radius 2 is 1.84 bits per heavy atom. The Morgan fingerprint density at radius 3 is 2.48 bits per heavy atom. The van der Waals surface area contributed by atoms with Crippen molar-refractivity contribution in [2.75, 3.05) is 0 Å². The number of ether oxygens (including phenoxy) is 1. The van der Waals surface area contributed by atoms with Gasteiger partial charge >= 0.3 is 5.97 Å². The molecule has 3 aliphatic rings. The van der Waals surface area contributed by atoms with E-state index >= 15 is 0 Å². The highest BCUT2D eigenvalue weighted by atomic mass is 16.5. The van der Waals surface area contributed by atoms with Crippen molar-refractivity contribution in [3.05, 3.63) is 0 Å². The summed E-state index contributed by atoms with van der Waals surface area (Å²) in [5.74, 6) is 2.50. The summed E-state index contributed by atoms with van der Waals surface area (Å²) < 4.78 is 6.46. The minimum Gasteiger partial charge on any atom is -0.481 e. The van der Waals surface area contributed by atoms with E-state index in [1.807, 2.05) is 0 Å². The van der Waals surface area contributed by atoms with Crippen LogP contribution in [0.1, 0.15) is 105 Å². The molecule has 0 aromatic rings. The van der Waals surface area contributed by atoms with Crippen molar-refractivity contribution in [3.8, 4) is 6.07 Å². The van der Waals surface area contributed by atoms with Crippen molar-refractivity contribution in [1.82, 2.24) is 0 Å². The predicted molar refractivity (Wildman–Crippen MR) is 123 cm³/mol. The highest BCUT2D eigenvalue weighted by Gasteiger charge is 2.59. The summed E-state index contributed by atoms with van der Waals surface area (Å²) in [5.41, 5.74) is -0.0151. The normalized spacial score (nSPS) is 41.1. The summed E-state index contributed by atoms with van der Waals surface area (Å²) in [6.45, 7) is 11.7. The molecule has 3 fully saturated rings. The molecular formula is C27H45NO3. The molecule has 2 aliphatic carbocycles. The SMILES string of the molecule is CC(C)CCCC(C)[C@H]1CCC2[C@H](CC(=O)O)[C@@H](C3(C)CC[C@H](CC#N)O3)CCC21C. The van der Waals surface area contributed by atoms with Crippen LogP contribution < -0.4 is 0 Å². The van der Waals surface area contributed by atoms with Crippen LogP contribution in [0.15, 0.2) is 0 Å². The summed E-state index contributed by atoms with van der Waals surface area (Å²) in [4.78, 5) is 11.9. The van der Waals surface area contributed by atoms with Crippen LogP contribution in [-0.4, -0.2) is 22.8 Å². The zero-order valence-corrected chi connectivity index (χ0v) is 20.5. The number of fused-ring (bicyclic) bond motifs is 1. The molecule has 0 aromatic heterocycles. The zero-order valence-electron chi connectivity index (χ0n) is 20.5. The number of carbonyl (C=O) groups is 1. The number of rotatable bonds is 9. The second-order valence-electron chi connectivity index (χ2n) is 12.0. The van der Waals surface area contributed by atoms with E-state index in [4.69, 9.17) is 10.00 Å². The van der Waals surface area contributed by atoms with Gasteiger partial charge < -0.3 is 9.84 Å². The van der Waals surface area contributed by atoms with E-state index in [1.165, 1.54) is 38.5 Å². The first-order chi connectivity index (χ1) is 14.6. The molecule has 4 unspecified atom stereocenters. The molecule has 0 spiro atoms. The Labute approximate surface area is 190 Å². The summed E-state index contributed by atoms with van der Waals surface area (Å²) in [5, 5.41) is 18.9. The smallest absolute Gasteiger partial charge is 0.303 e. The van der Waals surface area contributed by atoms with Crippen LogP contribution in [0.25, 0.3) is 0 Å². The van der Waals surface area contributed by atoms with E-state index in [0.29, 0.717) is 30.1 Å². The molecular weight excluding hydrogens is 386 g/mol. The topological polar surface area (TPSA) is 70.3 Å². The molecule has 4 nitrogen and oxygen atoms in total. The van der Waals surface area contributed by atoms with Gasteiger partial charge in [0.1, 0.15) is 0 Å². The molecule has 0 bridgehead atoms. The Kier molecular flexibility index (Phi) is 7.78. The van der Waals surface area contributed by atoms with Gasteiger partial charge in [0.05, 0.1) is 24.2 Å². The van der Waals surface area contributed by atoms with Gasteiger partial charge in [-0.05, 0) is 86.4 Å². The van der Waals surface area contributed by atoms with E-state index < -0.39 is 5.97 Å². The van der Waals surface area contributed by atoms with Crippen molar-refractivity contribution in [1.29, 1.82) is 5.26 Å². The van der Waals surface area contributed by atoms with Crippen LogP contribution in [0.3, 0.4) is 0 Å². The lowest BCUT2D eigenvalue weighted by molar-refractivity contribution is -0.149. The minimum atomic E-state index is -0.664. The lowest BCUT2D eigenvalue weighted by Crippen LogP contribution is -2.50. The molecule has 1 N–H and O–H groups in total. The summed E-state index contributed by atoms with van der Waals surface area (Å²) in [7, 11) is 0. The highest BCUT2D eigenvalue weighted by Crippen LogP contribution is 2.64. The Balaban J connectivity index is 1.76. The van der Waals surface area contributed by atoms with E-state index in [1.54, 1.807) is 0 Å². The van der Waals surface area contributed by atoms with Crippen molar-refractivity contribution in [3.63, 3.8) is 0 Å². The third-order valence-electron chi connectivity index (χ3n) is 9.55. The number of hydrogen-bond acceptors (Lipinski definition) is 3. The maximum Gasteiger partial charge on any atom is 0.303 e. The molecule has 1 heterocycles. The number of nitriles is 1. The Hall–Kier alpha value is -1.08. The molecule has 176 valence electrons. The summed E-state index contributed by atoms with van der Waals surface area (Å²) in [6, 6.07) is 2.26. The molecule has 8 atom stereocenters. The molecule has 3 rings (SSSR count). The fourth-order valence-corrected chi connectivity index (χ4v) is 8.02.